The van der Waals surface area contributed by atoms with Crippen LogP contribution >= 0.6 is 0 Å². The lowest BCUT2D eigenvalue weighted by Crippen LogP contribution is -2.32. The zero-order valence-corrected chi connectivity index (χ0v) is 22.3. The lowest BCUT2D eigenvalue weighted by Gasteiger charge is -2.25. The fourth-order valence-corrected chi connectivity index (χ4v) is 4.93. The molecule has 1 N–H and O–H groups in total. The molecule has 0 fully saturated rings. The van der Waals surface area contributed by atoms with Crippen molar-refractivity contribution in [3.8, 4) is 11.5 Å². The second-order valence-corrected chi connectivity index (χ2v) is 12.0. The Hall–Kier alpha value is -3.07. The fraction of sp³-hybridized carbons (Fsp3) is 0.458. The van der Waals surface area contributed by atoms with E-state index >= 15 is 0 Å². The number of aliphatic carboxylic acids is 1. The van der Waals surface area contributed by atoms with Gasteiger partial charge in [-0.25, -0.2) is 26.4 Å². The van der Waals surface area contributed by atoms with E-state index in [1.54, 1.807) is 23.1 Å². The van der Waals surface area contributed by atoms with Crippen LogP contribution in [0.5, 0.6) is 0 Å². The second-order valence-electron chi connectivity index (χ2n) is 8.92. The van der Waals surface area contributed by atoms with Crippen molar-refractivity contribution < 1.29 is 44.8 Å². The van der Waals surface area contributed by atoms with Crippen LogP contribution in [-0.4, -0.2) is 66.6 Å². The normalized spacial score (nSPS) is 12.2. The minimum atomic E-state index is -4.40. The summed E-state index contributed by atoms with van der Waals surface area (Å²) in [6, 6.07) is 8.88. The molecule has 0 aliphatic heterocycles. The molecule has 38 heavy (non-hydrogen) atoms. The Balaban J connectivity index is 1.70. The van der Waals surface area contributed by atoms with E-state index in [-0.39, 0.29) is 32.4 Å². The van der Waals surface area contributed by atoms with Crippen LogP contribution in [0.1, 0.15) is 38.5 Å². The zero-order valence-electron chi connectivity index (χ0n) is 20.7. The van der Waals surface area contributed by atoms with Gasteiger partial charge >= 0.3 is 5.97 Å². The molecule has 0 unspecified atom stereocenters. The number of pyridine rings is 1. The molecule has 1 aromatic carbocycles. The summed E-state index contributed by atoms with van der Waals surface area (Å²) in [6.45, 7) is 1.09. The number of hydrogen-bond acceptors (Lipinski definition) is 10. The van der Waals surface area contributed by atoms with E-state index in [0.717, 1.165) is 24.9 Å². The predicted molar refractivity (Wildman–Crippen MR) is 136 cm³/mol. The van der Waals surface area contributed by atoms with E-state index in [1.165, 1.54) is 0 Å². The van der Waals surface area contributed by atoms with Crippen LogP contribution in [0, 0.1) is 0 Å². The second kappa shape index (κ2) is 13.1. The van der Waals surface area contributed by atoms with Crippen molar-refractivity contribution >= 4 is 43.0 Å². The number of benzene rings is 1. The number of aromatic nitrogens is 2. The molecule has 3 aromatic rings. The summed E-state index contributed by atoms with van der Waals surface area (Å²) in [5.74, 6) is -1.51. The van der Waals surface area contributed by atoms with Crippen molar-refractivity contribution in [2.75, 3.05) is 29.5 Å². The molecule has 0 amide bonds. The third-order valence-electron chi connectivity index (χ3n) is 5.83. The Kier molecular flexibility index (Phi) is 10.2. The first-order valence-electron chi connectivity index (χ1n) is 12.1. The van der Waals surface area contributed by atoms with Crippen molar-refractivity contribution in [1.82, 2.24) is 4.98 Å². The third kappa shape index (κ3) is 10.0. The van der Waals surface area contributed by atoms with Crippen LogP contribution in [0.15, 0.2) is 47.1 Å². The summed E-state index contributed by atoms with van der Waals surface area (Å²) in [4.78, 5) is 16.8. The van der Waals surface area contributed by atoms with E-state index in [0.29, 0.717) is 29.1 Å². The summed E-state index contributed by atoms with van der Waals surface area (Å²) >= 11 is 0. The molecule has 0 saturated carbocycles. The molecule has 0 bridgehead atoms. The topological polar surface area (TPSA) is 185 Å². The average molecular weight is 569 g/mol. The number of anilines is 1. The third-order valence-corrected chi connectivity index (χ3v) is 7.40. The van der Waals surface area contributed by atoms with Crippen LogP contribution in [0.25, 0.3) is 22.6 Å². The Morgan fingerprint density at radius 1 is 0.921 bits per heavy atom. The van der Waals surface area contributed by atoms with E-state index in [9.17, 15) is 30.7 Å². The number of aryl methyl sites for hydroxylation is 1. The van der Waals surface area contributed by atoms with Gasteiger partial charge in [0.05, 0.1) is 20.2 Å². The lowest BCUT2D eigenvalue weighted by atomic mass is 10.2. The molecule has 0 aliphatic rings. The van der Waals surface area contributed by atoms with Gasteiger partial charge in [0.2, 0.25) is 5.89 Å². The maximum Gasteiger partial charge on any atom is 0.303 e. The van der Waals surface area contributed by atoms with Crippen LogP contribution in [-0.2, 0) is 31.6 Å². The average Bonchev–Trinajstić information content (AvgIpc) is 3.25. The van der Waals surface area contributed by atoms with Gasteiger partial charge < -0.3 is 23.5 Å². The van der Waals surface area contributed by atoms with E-state index < -0.39 is 37.7 Å². The van der Waals surface area contributed by atoms with E-state index in [4.69, 9.17) is 9.52 Å². The Morgan fingerprint density at radius 2 is 1.55 bits per heavy atom. The minimum absolute atomic E-state index is 0.0409. The molecule has 2 aromatic heterocycles. The minimum Gasteiger partial charge on any atom is -0.748 e. The molecular formula is C24H30N3O9S2-. The van der Waals surface area contributed by atoms with Gasteiger partial charge in [-0.1, -0.05) is 0 Å². The largest absolute Gasteiger partial charge is 0.748 e. The maximum atomic E-state index is 11.0. The smallest absolute Gasteiger partial charge is 0.303 e. The Labute approximate surface area is 221 Å². The molecule has 208 valence electrons. The molecule has 3 rings (SSSR count). The van der Waals surface area contributed by atoms with Crippen molar-refractivity contribution in [2.45, 2.75) is 45.1 Å². The van der Waals surface area contributed by atoms with Gasteiger partial charge in [0, 0.05) is 66.9 Å². The molecule has 0 atom stereocenters. The van der Waals surface area contributed by atoms with E-state index in [1.807, 2.05) is 29.1 Å². The summed E-state index contributed by atoms with van der Waals surface area (Å²) in [6.07, 6.45) is 6.37. The molecule has 0 aliphatic carbocycles. The highest BCUT2D eigenvalue weighted by Crippen LogP contribution is 2.27. The number of fused-ring (bicyclic) bond motifs is 1. The summed E-state index contributed by atoms with van der Waals surface area (Å²) in [5.41, 5.74) is 2.41. The number of nitrogens with zero attached hydrogens (tertiary/aromatic N) is 3. The zero-order chi connectivity index (χ0) is 27.8. The van der Waals surface area contributed by atoms with E-state index in [2.05, 4.69) is 4.98 Å². The highest BCUT2D eigenvalue weighted by atomic mass is 32.2. The van der Waals surface area contributed by atoms with Crippen LogP contribution in [0.2, 0.25) is 0 Å². The summed E-state index contributed by atoms with van der Waals surface area (Å²) < 4.78 is 73.9. The first kappa shape index (κ1) is 29.5. The van der Waals surface area contributed by atoms with Crippen LogP contribution in [0.3, 0.4) is 0 Å². The molecule has 12 nitrogen and oxygen atoms in total. The number of oxazole rings is 1. The van der Waals surface area contributed by atoms with Crippen molar-refractivity contribution in [2.24, 2.45) is 0 Å². The number of hydrogen-bond donors (Lipinski definition) is 1. The number of carbonyl (C=O) groups is 1. The van der Waals surface area contributed by atoms with Crippen LogP contribution < -0.4 is 9.47 Å². The number of rotatable bonds is 16. The highest BCUT2D eigenvalue weighted by Gasteiger charge is 2.14. The standard InChI is InChI=1S/C24H31N3O9S2/c28-23(29)6-2-1-3-11-26-14-9-19(10-15-26)24-25-21-8-7-20(18-22(21)36-24)27(12-4-16-37(30,31)32)13-5-17-38(33,34)35/h7-10,14-15,18H,1-6,11-13,16-17H2,(H2-,28,29,30,31,32,33,34,35)/p-1. The maximum absolute atomic E-state index is 11.0. The van der Waals surface area contributed by atoms with Gasteiger partial charge in [0.25, 0.3) is 0 Å². The van der Waals surface area contributed by atoms with Gasteiger partial charge in [-0.2, -0.15) is 0 Å². The van der Waals surface area contributed by atoms with Gasteiger partial charge in [-0.3, -0.25) is 4.79 Å². The quantitative estimate of drug-likeness (QED) is 0.152. The lowest BCUT2D eigenvalue weighted by molar-refractivity contribution is -0.697. The molecule has 0 radical (unpaired) electrons. The SMILES string of the molecule is O=C(O)CCCCC[n+]1ccc(-c2nc3ccc(N(CCCS(=O)(=O)[O-])CCCS(=O)(=O)[O-])cc3o2)cc1. The first-order valence-corrected chi connectivity index (χ1v) is 15.3. The van der Waals surface area contributed by atoms with Gasteiger partial charge in [0.15, 0.2) is 18.0 Å². The summed E-state index contributed by atoms with van der Waals surface area (Å²) in [7, 11) is -8.79. The number of unbranched alkanes of at least 4 members (excludes halogenated alkanes) is 2. The predicted octanol–water partition coefficient (Wildman–Crippen LogP) is 2.10. The Bertz CT molecular complexity index is 1400. The molecular weight excluding hydrogens is 538 g/mol. The van der Waals surface area contributed by atoms with Gasteiger partial charge in [-0.15, -0.1) is 0 Å². The number of carboxylic acid groups (broad SMARTS) is 1. The van der Waals surface area contributed by atoms with Gasteiger partial charge in [0.1, 0.15) is 12.1 Å². The molecule has 0 saturated heterocycles. The molecule has 14 heteroatoms. The molecule has 2 heterocycles. The van der Waals surface area contributed by atoms with Crippen molar-refractivity contribution in [3.63, 3.8) is 0 Å². The first-order chi connectivity index (χ1) is 17.9. The monoisotopic (exact) mass is 568 g/mol. The number of carboxylic acids is 1. The molecule has 0 spiro atoms. The highest BCUT2D eigenvalue weighted by molar-refractivity contribution is 7.85. The van der Waals surface area contributed by atoms with Crippen molar-refractivity contribution in [1.29, 1.82) is 0 Å². The van der Waals surface area contributed by atoms with Crippen LogP contribution in [0.4, 0.5) is 5.69 Å². The summed E-state index contributed by atoms with van der Waals surface area (Å²) in [5, 5.41) is 8.70. The Morgan fingerprint density at radius 3 is 2.13 bits per heavy atom. The van der Waals surface area contributed by atoms with Gasteiger partial charge in [-0.05, 0) is 37.8 Å². The van der Waals surface area contributed by atoms with Crippen molar-refractivity contribution in [3.05, 3.63) is 42.7 Å². The fourth-order valence-electron chi connectivity index (χ4n) is 3.96.